The fourth-order valence-electron chi connectivity index (χ4n) is 2.30. The van der Waals surface area contributed by atoms with Gasteiger partial charge in [-0.15, -0.1) is 11.3 Å². The average molecular weight is 192 g/mol. The van der Waals surface area contributed by atoms with E-state index in [9.17, 15) is 4.79 Å². The summed E-state index contributed by atoms with van der Waals surface area (Å²) in [5.74, 6) is 0.451. The number of aryl methyl sites for hydroxylation is 2. The van der Waals surface area contributed by atoms with E-state index in [1.807, 2.05) is 0 Å². The summed E-state index contributed by atoms with van der Waals surface area (Å²) in [5.41, 5.74) is 1.43. The van der Waals surface area contributed by atoms with E-state index in [1.165, 1.54) is 10.4 Å². The minimum atomic E-state index is 0.115. The second kappa shape index (κ2) is 2.24. The van der Waals surface area contributed by atoms with E-state index >= 15 is 0 Å². The highest BCUT2D eigenvalue weighted by molar-refractivity contribution is 7.14. The van der Waals surface area contributed by atoms with E-state index in [2.05, 4.69) is 13.0 Å². The molecule has 2 aliphatic carbocycles. The first-order valence-electron chi connectivity index (χ1n) is 4.85. The highest BCUT2D eigenvalue weighted by Crippen LogP contribution is 2.55. The van der Waals surface area contributed by atoms with Crippen molar-refractivity contribution in [1.29, 1.82) is 0 Å². The lowest BCUT2D eigenvalue weighted by Crippen LogP contribution is -2.21. The highest BCUT2D eigenvalue weighted by Gasteiger charge is 2.52. The van der Waals surface area contributed by atoms with Crippen molar-refractivity contribution in [2.75, 3.05) is 0 Å². The first-order valence-corrected chi connectivity index (χ1v) is 5.67. The zero-order valence-corrected chi connectivity index (χ0v) is 8.54. The van der Waals surface area contributed by atoms with Gasteiger partial charge in [0.15, 0.2) is 5.78 Å². The van der Waals surface area contributed by atoms with Crippen molar-refractivity contribution in [1.82, 2.24) is 0 Å². The van der Waals surface area contributed by atoms with Crippen LogP contribution in [0, 0.1) is 12.3 Å². The molecule has 1 heterocycles. The number of thiophene rings is 1. The highest BCUT2D eigenvalue weighted by atomic mass is 32.1. The van der Waals surface area contributed by atoms with E-state index in [1.54, 1.807) is 11.3 Å². The van der Waals surface area contributed by atoms with Crippen molar-refractivity contribution in [2.24, 2.45) is 5.41 Å². The lowest BCUT2D eigenvalue weighted by Gasteiger charge is -2.19. The first-order chi connectivity index (χ1) is 6.21. The molecule has 0 radical (unpaired) electrons. The van der Waals surface area contributed by atoms with Crippen molar-refractivity contribution in [3.63, 3.8) is 0 Å². The van der Waals surface area contributed by atoms with Gasteiger partial charge in [0.25, 0.3) is 0 Å². The number of rotatable bonds is 0. The van der Waals surface area contributed by atoms with Crippen molar-refractivity contribution in [3.8, 4) is 0 Å². The van der Waals surface area contributed by atoms with Crippen LogP contribution in [0.25, 0.3) is 0 Å². The normalized spacial score (nSPS) is 23.3. The molecule has 1 fully saturated rings. The van der Waals surface area contributed by atoms with Crippen LogP contribution in [-0.2, 0) is 6.42 Å². The molecule has 0 saturated heterocycles. The van der Waals surface area contributed by atoms with E-state index in [-0.39, 0.29) is 5.41 Å². The Labute approximate surface area is 81.8 Å². The van der Waals surface area contributed by atoms with Gasteiger partial charge in [0.05, 0.1) is 4.88 Å². The van der Waals surface area contributed by atoms with Crippen LogP contribution in [0.3, 0.4) is 0 Å². The molecule has 3 rings (SSSR count). The Morgan fingerprint density at radius 3 is 2.85 bits per heavy atom. The molecule has 13 heavy (non-hydrogen) atoms. The van der Waals surface area contributed by atoms with Crippen LogP contribution in [0.2, 0.25) is 0 Å². The molecule has 0 atom stereocenters. The Morgan fingerprint density at radius 1 is 1.38 bits per heavy atom. The summed E-state index contributed by atoms with van der Waals surface area (Å²) in [7, 11) is 0. The molecule has 0 aromatic carbocycles. The van der Waals surface area contributed by atoms with Gasteiger partial charge >= 0.3 is 0 Å². The summed E-state index contributed by atoms with van der Waals surface area (Å²) < 4.78 is 0. The predicted octanol–water partition coefficient (Wildman–Crippen LogP) is 2.97. The average Bonchev–Trinajstić information content (AvgIpc) is 2.78. The van der Waals surface area contributed by atoms with Crippen LogP contribution < -0.4 is 0 Å². The molecule has 2 aliphatic rings. The Hall–Kier alpha value is -0.630. The number of Topliss-reactive ketones (excluding diaryl/α,β-unsaturated/α-hetero) is 1. The van der Waals surface area contributed by atoms with Crippen molar-refractivity contribution in [3.05, 3.63) is 21.4 Å². The van der Waals surface area contributed by atoms with E-state index in [0.29, 0.717) is 5.78 Å². The maximum atomic E-state index is 12.0. The lowest BCUT2D eigenvalue weighted by molar-refractivity contribution is 0.0885. The Bertz CT molecular complexity index is 385. The number of carbonyl (C=O) groups excluding carboxylic acids is 1. The Morgan fingerprint density at radius 2 is 2.15 bits per heavy atom. The zero-order chi connectivity index (χ0) is 9.05. The van der Waals surface area contributed by atoms with Gasteiger partial charge in [-0.05, 0) is 44.2 Å². The molecule has 1 aromatic heterocycles. The molecule has 0 N–H and O–H groups in total. The topological polar surface area (TPSA) is 17.1 Å². The van der Waals surface area contributed by atoms with Gasteiger partial charge in [-0.25, -0.2) is 0 Å². The van der Waals surface area contributed by atoms with Crippen molar-refractivity contribution >= 4 is 17.1 Å². The number of hydrogen-bond acceptors (Lipinski definition) is 2. The van der Waals surface area contributed by atoms with Gasteiger partial charge in [0.1, 0.15) is 0 Å². The number of ketones is 1. The van der Waals surface area contributed by atoms with Gasteiger partial charge in [0.2, 0.25) is 0 Å². The molecule has 68 valence electrons. The Kier molecular flexibility index (Phi) is 1.33. The zero-order valence-electron chi connectivity index (χ0n) is 7.72. The van der Waals surface area contributed by atoms with Gasteiger partial charge in [-0.3, -0.25) is 4.79 Å². The third-order valence-electron chi connectivity index (χ3n) is 3.35. The van der Waals surface area contributed by atoms with E-state index < -0.39 is 0 Å². The van der Waals surface area contributed by atoms with E-state index in [4.69, 9.17) is 0 Å². The molecular formula is C11H12OS. The molecule has 2 heteroatoms. The van der Waals surface area contributed by atoms with Crippen LogP contribution in [0.15, 0.2) is 6.07 Å². The van der Waals surface area contributed by atoms with Crippen LogP contribution in [0.5, 0.6) is 0 Å². The summed E-state index contributed by atoms with van der Waals surface area (Å²) in [5, 5.41) is 0. The lowest BCUT2D eigenvalue weighted by atomic mass is 9.85. The summed E-state index contributed by atoms with van der Waals surface area (Å²) in [6.07, 6.45) is 4.52. The van der Waals surface area contributed by atoms with Crippen molar-refractivity contribution < 1.29 is 4.79 Å². The molecule has 0 bridgehead atoms. The fraction of sp³-hybridized carbons (Fsp3) is 0.545. The monoisotopic (exact) mass is 192 g/mol. The fourth-order valence-corrected chi connectivity index (χ4v) is 3.43. The number of hydrogen-bond donors (Lipinski definition) is 0. The second-order valence-electron chi connectivity index (χ2n) is 4.32. The predicted molar refractivity (Wildman–Crippen MR) is 53.4 cm³/mol. The minimum absolute atomic E-state index is 0.115. The van der Waals surface area contributed by atoms with E-state index in [0.717, 1.165) is 30.6 Å². The molecule has 0 amide bonds. The maximum absolute atomic E-state index is 12.0. The minimum Gasteiger partial charge on any atom is -0.293 e. The smallest absolute Gasteiger partial charge is 0.179 e. The standard InChI is InChI=1S/C11H12OS/c1-7-6-8-2-3-11(4-5-11)10(12)9(8)13-7/h6H,2-5H2,1H3. The number of carbonyl (C=O) groups is 1. The molecule has 0 aliphatic heterocycles. The quantitative estimate of drug-likeness (QED) is 0.617. The van der Waals surface area contributed by atoms with Crippen LogP contribution >= 0.6 is 11.3 Å². The van der Waals surface area contributed by atoms with Gasteiger partial charge < -0.3 is 0 Å². The molecule has 1 spiro atoms. The van der Waals surface area contributed by atoms with Gasteiger partial charge in [-0.1, -0.05) is 0 Å². The third-order valence-corrected chi connectivity index (χ3v) is 4.44. The second-order valence-corrected chi connectivity index (χ2v) is 5.58. The summed E-state index contributed by atoms with van der Waals surface area (Å²) in [6, 6.07) is 2.19. The van der Waals surface area contributed by atoms with Gasteiger partial charge in [0, 0.05) is 10.3 Å². The molecule has 1 aromatic rings. The molecular weight excluding hydrogens is 180 g/mol. The summed E-state index contributed by atoms with van der Waals surface area (Å²) >= 11 is 1.69. The molecule has 1 saturated carbocycles. The third kappa shape index (κ3) is 0.953. The van der Waals surface area contributed by atoms with Crippen LogP contribution in [-0.4, -0.2) is 5.78 Å². The summed E-state index contributed by atoms with van der Waals surface area (Å²) in [6.45, 7) is 2.09. The molecule has 0 unspecified atom stereocenters. The van der Waals surface area contributed by atoms with Crippen LogP contribution in [0.4, 0.5) is 0 Å². The summed E-state index contributed by atoms with van der Waals surface area (Å²) in [4.78, 5) is 14.4. The van der Waals surface area contributed by atoms with Gasteiger partial charge in [-0.2, -0.15) is 0 Å². The number of fused-ring (bicyclic) bond motifs is 1. The first kappa shape index (κ1) is 7.74. The maximum Gasteiger partial charge on any atom is 0.179 e. The SMILES string of the molecule is Cc1cc2c(s1)C(=O)C1(CC2)CC1. The molecule has 1 nitrogen and oxygen atoms in total. The van der Waals surface area contributed by atoms with Crippen molar-refractivity contribution in [2.45, 2.75) is 32.6 Å². The van der Waals surface area contributed by atoms with Crippen LogP contribution in [0.1, 0.15) is 39.4 Å². The Balaban J connectivity index is 2.12. The largest absolute Gasteiger partial charge is 0.293 e.